The van der Waals surface area contributed by atoms with Crippen molar-refractivity contribution in [1.82, 2.24) is 39.8 Å². The first kappa shape index (κ1) is 47.6. The molecular weight excluding hydrogens is 835 g/mol. The lowest BCUT2D eigenvalue weighted by Crippen LogP contribution is -2.57. The molecule has 2 N–H and O–H groups in total. The highest BCUT2D eigenvalue weighted by Crippen LogP contribution is 2.32. The van der Waals surface area contributed by atoms with Gasteiger partial charge in [0.1, 0.15) is 29.4 Å². The molecule has 17 heteroatoms. The van der Waals surface area contributed by atoms with E-state index in [0.717, 1.165) is 22.6 Å². The summed E-state index contributed by atoms with van der Waals surface area (Å²) in [5.41, 5.74) is 3.27. The Morgan fingerprint density at radius 2 is 1.56 bits per heavy atom. The van der Waals surface area contributed by atoms with E-state index in [0.29, 0.717) is 40.1 Å². The van der Waals surface area contributed by atoms with E-state index in [1.54, 1.807) is 51.4 Å². The number of aromatic nitrogens is 2. The van der Waals surface area contributed by atoms with Crippen molar-refractivity contribution in [2.75, 3.05) is 55.0 Å². The molecule has 1 aliphatic rings. The monoisotopic (exact) mass is 890 g/mol. The maximum absolute atomic E-state index is 14.2. The van der Waals surface area contributed by atoms with Gasteiger partial charge in [-0.25, -0.2) is 4.98 Å². The van der Waals surface area contributed by atoms with Gasteiger partial charge in [0.15, 0.2) is 0 Å². The lowest BCUT2D eigenvalue weighted by molar-refractivity contribution is -0.144. The number of carbonyl (C=O) groups is 5. The predicted octanol–water partition coefficient (Wildman–Crippen LogP) is 4.92. The van der Waals surface area contributed by atoms with Crippen LogP contribution in [-0.4, -0.2) is 132 Å². The van der Waals surface area contributed by atoms with Gasteiger partial charge in [-0.3, -0.25) is 24.0 Å². The lowest BCUT2D eigenvalue weighted by atomic mass is 10.0. The van der Waals surface area contributed by atoms with Gasteiger partial charge in [0.05, 0.1) is 31.6 Å². The zero-order chi connectivity index (χ0) is 45.1. The maximum atomic E-state index is 14.2. The first-order valence-corrected chi connectivity index (χ1v) is 21.1. The van der Waals surface area contributed by atoms with Gasteiger partial charge in [-0.2, -0.15) is 0 Å². The molecule has 0 radical (unpaired) electrons. The summed E-state index contributed by atoms with van der Waals surface area (Å²) in [6.07, 6.45) is 1.75. The lowest BCUT2D eigenvalue weighted by Gasteiger charge is -2.34. The van der Waals surface area contributed by atoms with Gasteiger partial charge < -0.3 is 44.3 Å². The Labute approximate surface area is 373 Å². The van der Waals surface area contributed by atoms with E-state index in [4.69, 9.17) is 32.7 Å². The number of likely N-dealkylation sites (N-methyl/N-ethyl adjacent to an activating group) is 2. The summed E-state index contributed by atoms with van der Waals surface area (Å²) in [5, 5.41) is 6.59. The Bertz CT molecular complexity index is 2200. The molecule has 5 rings (SSSR count). The second kappa shape index (κ2) is 22.0. The number of amides is 5. The van der Waals surface area contributed by atoms with Crippen LogP contribution in [-0.2, 0) is 55.3 Å². The average molecular weight is 892 g/mol. The van der Waals surface area contributed by atoms with E-state index in [1.165, 1.54) is 21.8 Å². The Hall–Kier alpha value is -5.48. The van der Waals surface area contributed by atoms with Crippen LogP contribution in [0.4, 0.5) is 0 Å². The van der Waals surface area contributed by atoms with E-state index in [9.17, 15) is 24.0 Å². The Balaban J connectivity index is 1.42. The summed E-state index contributed by atoms with van der Waals surface area (Å²) in [6, 6.07) is 16.7. The van der Waals surface area contributed by atoms with Crippen molar-refractivity contribution in [3.63, 3.8) is 0 Å². The van der Waals surface area contributed by atoms with Gasteiger partial charge in [0.2, 0.25) is 29.5 Å². The van der Waals surface area contributed by atoms with Gasteiger partial charge in [0, 0.05) is 87.8 Å². The van der Waals surface area contributed by atoms with Crippen LogP contribution in [0, 0.1) is 0 Å². The minimum Gasteiger partial charge on any atom is -0.457 e. The molecule has 1 saturated heterocycles. The van der Waals surface area contributed by atoms with Crippen LogP contribution >= 0.6 is 23.2 Å². The fourth-order valence-electron chi connectivity index (χ4n) is 7.11. The average Bonchev–Trinajstić information content (AvgIpc) is 3.60. The van der Waals surface area contributed by atoms with Crippen molar-refractivity contribution in [1.29, 1.82) is 0 Å². The number of hydrogen-bond acceptors (Lipinski definition) is 9. The summed E-state index contributed by atoms with van der Waals surface area (Å²) in [6.45, 7) is 2.34. The van der Waals surface area contributed by atoms with Crippen molar-refractivity contribution in [2.24, 2.45) is 7.05 Å². The van der Waals surface area contributed by atoms with Gasteiger partial charge in [-0.1, -0.05) is 41.4 Å². The molecule has 62 heavy (non-hydrogen) atoms. The van der Waals surface area contributed by atoms with E-state index in [-0.39, 0.29) is 57.3 Å². The van der Waals surface area contributed by atoms with Crippen LogP contribution < -0.4 is 15.4 Å². The zero-order valence-corrected chi connectivity index (χ0v) is 37.8. The van der Waals surface area contributed by atoms with Crippen molar-refractivity contribution in [3.05, 3.63) is 99.9 Å². The summed E-state index contributed by atoms with van der Waals surface area (Å²) < 4.78 is 13.8. The fraction of sp³-hybridized carbons (Fsp3) is 0.422. The van der Waals surface area contributed by atoms with Crippen LogP contribution in [0.15, 0.2) is 72.9 Å². The molecule has 15 nitrogen and oxygen atoms in total. The highest BCUT2D eigenvalue weighted by molar-refractivity contribution is 6.31. The zero-order valence-electron chi connectivity index (χ0n) is 36.3. The minimum absolute atomic E-state index is 0.0488. The normalized spacial score (nSPS) is 19.0. The maximum Gasteiger partial charge on any atom is 0.247 e. The number of rotatable bonds is 11. The first-order valence-electron chi connectivity index (χ1n) is 20.4. The molecule has 2 heterocycles. The van der Waals surface area contributed by atoms with Crippen molar-refractivity contribution >= 4 is 52.7 Å². The highest BCUT2D eigenvalue weighted by atomic mass is 35.5. The van der Waals surface area contributed by atoms with Crippen LogP contribution in [0.5, 0.6) is 11.5 Å². The Morgan fingerprint density at radius 3 is 2.24 bits per heavy atom. The molecule has 3 atom stereocenters. The van der Waals surface area contributed by atoms with Crippen LogP contribution in [0.25, 0.3) is 11.3 Å². The molecule has 1 aliphatic heterocycles. The molecular formula is C45H56Cl2N8O7. The number of halogens is 2. The summed E-state index contributed by atoms with van der Waals surface area (Å²) in [4.78, 5) is 79.8. The molecule has 0 saturated carbocycles. The van der Waals surface area contributed by atoms with Crippen LogP contribution in [0.3, 0.4) is 0 Å². The second-order valence-corrected chi connectivity index (χ2v) is 16.6. The van der Waals surface area contributed by atoms with E-state index >= 15 is 0 Å². The number of hydrogen-bond donors (Lipinski definition) is 2. The molecule has 4 aromatic rings. The third-order valence-corrected chi connectivity index (χ3v) is 11.3. The molecule has 0 aliphatic carbocycles. The Morgan fingerprint density at radius 1 is 0.887 bits per heavy atom. The van der Waals surface area contributed by atoms with Crippen molar-refractivity contribution < 1.29 is 33.4 Å². The predicted molar refractivity (Wildman–Crippen MR) is 238 cm³/mol. The van der Waals surface area contributed by atoms with Gasteiger partial charge in [0.25, 0.3) is 0 Å². The Kier molecular flexibility index (Phi) is 16.9. The fourth-order valence-corrected chi connectivity index (χ4v) is 7.40. The van der Waals surface area contributed by atoms with E-state index in [1.807, 2.05) is 68.3 Å². The number of nitrogens with one attached hydrogen (secondary N) is 2. The molecule has 0 unspecified atom stereocenters. The molecule has 3 aromatic carbocycles. The van der Waals surface area contributed by atoms with Crippen molar-refractivity contribution in [2.45, 2.75) is 63.8 Å². The number of carbonyl (C=O) groups excluding carboxylic acids is 5. The van der Waals surface area contributed by atoms with E-state index < -0.39 is 35.8 Å². The molecule has 5 amide bonds. The van der Waals surface area contributed by atoms with Crippen molar-refractivity contribution in [3.8, 4) is 22.8 Å². The SMILES string of the molecule is COC[C@@H]1NC(=O)[C@H](C)N(Cc2ccc(Cl)cc2Oc2ccc(-c3cnc(CN(C)C)n3C)cc2)C(=O)CCC(=O)N(C)CCNC(=O)C[C@H](Cc2ccc(Cl)cc2)N(C)C1=O. The second-order valence-electron chi connectivity index (χ2n) is 15.8. The minimum atomic E-state index is -1.16. The molecule has 0 spiro atoms. The summed E-state index contributed by atoms with van der Waals surface area (Å²) in [7, 11) is 10.5. The largest absolute Gasteiger partial charge is 0.457 e. The first-order chi connectivity index (χ1) is 29.5. The number of imidazole rings is 1. The number of nitrogens with zero attached hydrogens (tertiary/aromatic N) is 6. The third kappa shape index (κ3) is 12.8. The van der Waals surface area contributed by atoms with Gasteiger partial charge in [-0.05, 0) is 81.5 Å². The smallest absolute Gasteiger partial charge is 0.247 e. The standard InChI is InChI=1S/C45H56Cl2N8O7/c1-29-44(59)50-37(28-61-7)45(60)53(5)35(22-30-8-13-33(46)14-9-30)24-41(56)48-20-21-52(4)42(57)18-19-43(58)55(29)26-32-10-15-34(47)23-39(32)62-36-16-11-31(12-17-36)38-25-49-40(54(38)6)27-51(2)3/h8-17,23,25,29,35,37H,18-22,24,26-28H2,1-7H3,(H,48,56)(H,50,59)/t29-,35-,37-/m0/s1. The van der Waals surface area contributed by atoms with Crippen LogP contribution in [0.1, 0.15) is 43.1 Å². The molecule has 0 bridgehead atoms. The molecule has 332 valence electrons. The number of ether oxygens (including phenoxy) is 2. The van der Waals surface area contributed by atoms with Gasteiger partial charge in [-0.15, -0.1) is 0 Å². The quantitative estimate of drug-likeness (QED) is 0.213. The van der Waals surface area contributed by atoms with Gasteiger partial charge >= 0.3 is 0 Å². The third-order valence-electron chi connectivity index (χ3n) is 10.9. The van der Waals surface area contributed by atoms with E-state index in [2.05, 4.69) is 20.5 Å². The molecule has 1 aromatic heterocycles. The molecule has 1 fully saturated rings. The van der Waals surface area contributed by atoms with Crippen LogP contribution in [0.2, 0.25) is 10.0 Å². The number of benzene rings is 3. The summed E-state index contributed by atoms with van der Waals surface area (Å²) in [5.74, 6) is -0.431. The number of methoxy groups -OCH3 is 1. The topological polar surface area (TPSA) is 159 Å². The summed E-state index contributed by atoms with van der Waals surface area (Å²) >= 11 is 12.6. The highest BCUT2D eigenvalue weighted by Gasteiger charge is 2.34.